The fraction of sp³-hybridized carbons (Fsp3) is 0.333. The van der Waals surface area contributed by atoms with Crippen LogP contribution in [0.1, 0.15) is 30.6 Å². The standard InChI is InChI=1S/C15H19N3O/c1-3-15(19)13-5-7-14(8-6-13)17-12(2)11-18-10-4-9-16-18/h4-10,12,17H,3,11H2,1-2H3. The van der Waals surface area contributed by atoms with Crippen LogP contribution in [0, 0.1) is 0 Å². The van der Waals surface area contributed by atoms with E-state index in [1.807, 2.05) is 48.1 Å². The number of Topliss-reactive ketones (excluding diaryl/α,β-unsaturated/α-hetero) is 1. The number of hydrogen-bond donors (Lipinski definition) is 1. The third-order valence-electron chi connectivity index (χ3n) is 2.96. The van der Waals surface area contributed by atoms with Crippen LogP contribution in [0.5, 0.6) is 0 Å². The first kappa shape index (κ1) is 13.3. The van der Waals surface area contributed by atoms with Crippen molar-refractivity contribution in [3.05, 3.63) is 48.3 Å². The van der Waals surface area contributed by atoms with Crippen LogP contribution < -0.4 is 5.32 Å². The highest BCUT2D eigenvalue weighted by Gasteiger charge is 2.05. The molecule has 1 heterocycles. The van der Waals surface area contributed by atoms with Gasteiger partial charge in [-0.15, -0.1) is 0 Å². The number of carbonyl (C=O) groups excluding carboxylic acids is 1. The van der Waals surface area contributed by atoms with Crippen LogP contribution in [0.4, 0.5) is 5.69 Å². The molecule has 100 valence electrons. The Morgan fingerprint density at radius 2 is 2.11 bits per heavy atom. The van der Waals surface area contributed by atoms with Crippen molar-refractivity contribution in [2.24, 2.45) is 0 Å². The van der Waals surface area contributed by atoms with Gasteiger partial charge in [0, 0.05) is 36.1 Å². The molecule has 1 N–H and O–H groups in total. The summed E-state index contributed by atoms with van der Waals surface area (Å²) in [5, 5.41) is 7.57. The van der Waals surface area contributed by atoms with Crippen molar-refractivity contribution in [1.82, 2.24) is 9.78 Å². The van der Waals surface area contributed by atoms with E-state index >= 15 is 0 Å². The van der Waals surface area contributed by atoms with Crippen LogP contribution in [0.15, 0.2) is 42.7 Å². The third kappa shape index (κ3) is 3.68. The summed E-state index contributed by atoms with van der Waals surface area (Å²) in [4.78, 5) is 11.5. The lowest BCUT2D eigenvalue weighted by atomic mass is 10.1. The molecule has 0 fully saturated rings. The predicted molar refractivity (Wildman–Crippen MR) is 76.4 cm³/mol. The van der Waals surface area contributed by atoms with Crippen LogP contribution in [-0.2, 0) is 6.54 Å². The van der Waals surface area contributed by atoms with Gasteiger partial charge in [-0.25, -0.2) is 0 Å². The molecule has 0 aliphatic heterocycles. The Bertz CT molecular complexity index is 517. The van der Waals surface area contributed by atoms with Gasteiger partial charge in [-0.3, -0.25) is 9.48 Å². The second-order valence-electron chi connectivity index (χ2n) is 4.63. The van der Waals surface area contributed by atoms with Crippen LogP contribution in [0.25, 0.3) is 0 Å². The number of anilines is 1. The molecule has 19 heavy (non-hydrogen) atoms. The molecule has 0 bridgehead atoms. The van der Waals surface area contributed by atoms with Gasteiger partial charge in [0.15, 0.2) is 5.78 Å². The van der Waals surface area contributed by atoms with Gasteiger partial charge in [-0.2, -0.15) is 5.10 Å². The zero-order chi connectivity index (χ0) is 13.7. The maximum Gasteiger partial charge on any atom is 0.162 e. The maximum absolute atomic E-state index is 11.5. The first-order valence-electron chi connectivity index (χ1n) is 6.56. The highest BCUT2D eigenvalue weighted by atomic mass is 16.1. The number of aromatic nitrogens is 2. The molecular weight excluding hydrogens is 238 g/mol. The Balaban J connectivity index is 1.93. The number of carbonyl (C=O) groups is 1. The lowest BCUT2D eigenvalue weighted by Gasteiger charge is -2.15. The quantitative estimate of drug-likeness (QED) is 0.809. The first-order chi connectivity index (χ1) is 9.19. The Kier molecular flexibility index (Phi) is 4.34. The van der Waals surface area contributed by atoms with E-state index in [-0.39, 0.29) is 11.8 Å². The summed E-state index contributed by atoms with van der Waals surface area (Å²) in [6.45, 7) is 4.79. The third-order valence-corrected chi connectivity index (χ3v) is 2.96. The number of benzene rings is 1. The van der Waals surface area contributed by atoms with Gasteiger partial charge in [-0.1, -0.05) is 6.92 Å². The van der Waals surface area contributed by atoms with E-state index in [0.717, 1.165) is 17.8 Å². The maximum atomic E-state index is 11.5. The molecule has 0 aliphatic carbocycles. The minimum absolute atomic E-state index is 0.177. The van der Waals surface area contributed by atoms with Gasteiger partial charge in [0.1, 0.15) is 0 Å². The monoisotopic (exact) mass is 257 g/mol. The summed E-state index contributed by atoms with van der Waals surface area (Å²) >= 11 is 0. The average Bonchev–Trinajstić information content (AvgIpc) is 2.91. The molecule has 0 radical (unpaired) electrons. The summed E-state index contributed by atoms with van der Waals surface area (Å²) in [5.74, 6) is 0.177. The van der Waals surface area contributed by atoms with E-state index in [0.29, 0.717) is 6.42 Å². The predicted octanol–water partition coefficient (Wildman–Crippen LogP) is 2.98. The van der Waals surface area contributed by atoms with Gasteiger partial charge in [0.25, 0.3) is 0 Å². The SMILES string of the molecule is CCC(=O)c1ccc(NC(C)Cn2cccn2)cc1. The van der Waals surface area contributed by atoms with E-state index in [9.17, 15) is 4.79 Å². The molecule has 0 aliphatic rings. The Labute approximate surface area is 113 Å². The zero-order valence-electron chi connectivity index (χ0n) is 11.3. The van der Waals surface area contributed by atoms with E-state index in [4.69, 9.17) is 0 Å². The van der Waals surface area contributed by atoms with E-state index in [1.54, 1.807) is 6.20 Å². The highest BCUT2D eigenvalue weighted by Crippen LogP contribution is 2.12. The van der Waals surface area contributed by atoms with Crippen LogP contribution in [0.2, 0.25) is 0 Å². The molecule has 1 aromatic carbocycles. The summed E-state index contributed by atoms with van der Waals surface area (Å²) < 4.78 is 1.90. The van der Waals surface area contributed by atoms with Gasteiger partial charge in [0.05, 0.1) is 6.54 Å². The molecule has 0 saturated heterocycles. The number of hydrogen-bond acceptors (Lipinski definition) is 3. The Morgan fingerprint density at radius 3 is 2.68 bits per heavy atom. The van der Waals surface area contributed by atoms with Gasteiger partial charge in [-0.05, 0) is 37.3 Å². The van der Waals surface area contributed by atoms with Crippen molar-refractivity contribution in [2.75, 3.05) is 5.32 Å². The van der Waals surface area contributed by atoms with Gasteiger partial charge < -0.3 is 5.32 Å². The topological polar surface area (TPSA) is 46.9 Å². The van der Waals surface area contributed by atoms with Crippen molar-refractivity contribution in [3.8, 4) is 0 Å². The number of rotatable bonds is 6. The number of nitrogens with one attached hydrogen (secondary N) is 1. The summed E-state index contributed by atoms with van der Waals surface area (Å²) in [6.07, 6.45) is 4.27. The Hall–Kier alpha value is -2.10. The summed E-state index contributed by atoms with van der Waals surface area (Å²) in [6, 6.07) is 9.82. The summed E-state index contributed by atoms with van der Waals surface area (Å²) in [5.41, 5.74) is 1.79. The molecule has 1 aromatic heterocycles. The van der Waals surface area contributed by atoms with Crippen LogP contribution in [0.3, 0.4) is 0 Å². The second-order valence-corrected chi connectivity index (χ2v) is 4.63. The van der Waals surface area contributed by atoms with Crippen LogP contribution in [-0.4, -0.2) is 21.6 Å². The minimum Gasteiger partial charge on any atom is -0.381 e. The second kappa shape index (κ2) is 6.18. The highest BCUT2D eigenvalue weighted by molar-refractivity contribution is 5.96. The molecule has 1 unspecified atom stereocenters. The molecule has 4 heteroatoms. The van der Waals surface area contributed by atoms with Crippen molar-refractivity contribution in [2.45, 2.75) is 32.9 Å². The summed E-state index contributed by atoms with van der Waals surface area (Å²) in [7, 11) is 0. The largest absolute Gasteiger partial charge is 0.381 e. The molecule has 1 atom stereocenters. The lowest BCUT2D eigenvalue weighted by Crippen LogP contribution is -2.22. The minimum atomic E-state index is 0.177. The molecule has 2 rings (SSSR count). The van der Waals surface area contributed by atoms with Crippen molar-refractivity contribution in [3.63, 3.8) is 0 Å². The molecule has 2 aromatic rings. The fourth-order valence-corrected chi connectivity index (χ4v) is 1.98. The molecular formula is C15H19N3O. The zero-order valence-corrected chi connectivity index (χ0v) is 11.3. The van der Waals surface area contributed by atoms with E-state index in [1.165, 1.54) is 0 Å². The lowest BCUT2D eigenvalue weighted by molar-refractivity contribution is 0.0988. The Morgan fingerprint density at radius 1 is 1.37 bits per heavy atom. The van der Waals surface area contributed by atoms with Gasteiger partial charge >= 0.3 is 0 Å². The molecule has 0 spiro atoms. The molecule has 0 amide bonds. The van der Waals surface area contributed by atoms with Crippen molar-refractivity contribution >= 4 is 11.5 Å². The first-order valence-corrected chi connectivity index (χ1v) is 6.56. The van der Waals surface area contributed by atoms with Crippen molar-refractivity contribution in [1.29, 1.82) is 0 Å². The average molecular weight is 257 g/mol. The van der Waals surface area contributed by atoms with Crippen molar-refractivity contribution < 1.29 is 4.79 Å². The number of nitrogens with zero attached hydrogens (tertiary/aromatic N) is 2. The normalized spacial score (nSPS) is 12.1. The fourth-order valence-electron chi connectivity index (χ4n) is 1.98. The van der Waals surface area contributed by atoms with Crippen LogP contribution >= 0.6 is 0 Å². The van der Waals surface area contributed by atoms with E-state index in [2.05, 4.69) is 17.3 Å². The number of ketones is 1. The smallest absolute Gasteiger partial charge is 0.162 e. The molecule has 4 nitrogen and oxygen atoms in total. The van der Waals surface area contributed by atoms with Gasteiger partial charge in [0.2, 0.25) is 0 Å². The molecule has 0 saturated carbocycles. The van der Waals surface area contributed by atoms with E-state index < -0.39 is 0 Å².